The van der Waals surface area contributed by atoms with E-state index >= 15 is 0 Å². The Kier molecular flexibility index (Phi) is 6.06. The maximum atomic E-state index is 13.2. The molecule has 2 rings (SSSR count). The van der Waals surface area contributed by atoms with Crippen LogP contribution in [0.3, 0.4) is 0 Å². The van der Waals surface area contributed by atoms with Crippen molar-refractivity contribution >= 4 is 23.3 Å². The molecule has 0 aliphatic rings. The van der Waals surface area contributed by atoms with Crippen LogP contribution in [0.15, 0.2) is 54.6 Å². The molecule has 7 nitrogen and oxygen atoms in total. The molecule has 0 fully saturated rings. The van der Waals surface area contributed by atoms with E-state index < -0.39 is 45.8 Å². The number of aliphatic carboxylic acids is 1. The van der Waals surface area contributed by atoms with Gasteiger partial charge in [0, 0.05) is 17.7 Å². The number of amides is 1. The van der Waals surface area contributed by atoms with Gasteiger partial charge in [-0.3, -0.25) is 19.7 Å². The Bertz CT molecular complexity index is 970. The van der Waals surface area contributed by atoms with Gasteiger partial charge in [0.25, 0.3) is 11.6 Å². The Balaban J connectivity index is 2.32. The molecular formula is C19H15F3N2O5. The van der Waals surface area contributed by atoms with Crippen molar-refractivity contribution in [2.75, 3.05) is 5.32 Å². The Morgan fingerprint density at radius 2 is 1.76 bits per heavy atom. The number of carboxylic acid groups (broad SMARTS) is 1. The molecule has 0 saturated heterocycles. The van der Waals surface area contributed by atoms with Gasteiger partial charge in [0.1, 0.15) is 5.92 Å². The molecule has 1 amide bonds. The number of anilines is 1. The van der Waals surface area contributed by atoms with Gasteiger partial charge in [-0.1, -0.05) is 24.3 Å². The summed E-state index contributed by atoms with van der Waals surface area (Å²) in [7, 11) is 0. The Labute approximate surface area is 162 Å². The number of rotatable bonds is 6. The third-order valence-corrected chi connectivity index (χ3v) is 4.01. The summed E-state index contributed by atoms with van der Waals surface area (Å²) in [5.41, 5.74) is -2.05. The SMILES string of the molecule is C=C(C)C(C(=O)O)c1ccc(C(=O)Nc2ccc([N+](=O)[O-])cc2C(F)(F)F)cc1. The molecule has 10 heteroatoms. The molecule has 29 heavy (non-hydrogen) atoms. The summed E-state index contributed by atoms with van der Waals surface area (Å²) in [6.45, 7) is 5.14. The van der Waals surface area contributed by atoms with Gasteiger partial charge in [0.15, 0.2) is 0 Å². The summed E-state index contributed by atoms with van der Waals surface area (Å²) in [5, 5.41) is 22.0. The van der Waals surface area contributed by atoms with Crippen LogP contribution >= 0.6 is 0 Å². The number of carbonyl (C=O) groups excluding carboxylic acids is 1. The molecule has 152 valence electrons. The van der Waals surface area contributed by atoms with E-state index in [4.69, 9.17) is 0 Å². The lowest BCUT2D eigenvalue weighted by molar-refractivity contribution is -0.385. The molecule has 0 heterocycles. The molecule has 0 aliphatic heterocycles. The van der Waals surface area contributed by atoms with E-state index in [1.807, 2.05) is 0 Å². The molecule has 0 bridgehead atoms. The van der Waals surface area contributed by atoms with Crippen LogP contribution in [0, 0.1) is 10.1 Å². The van der Waals surface area contributed by atoms with E-state index in [0.29, 0.717) is 17.2 Å². The normalized spacial score (nSPS) is 12.1. The minimum Gasteiger partial charge on any atom is -0.481 e. The summed E-state index contributed by atoms with van der Waals surface area (Å²) in [4.78, 5) is 33.4. The van der Waals surface area contributed by atoms with Crippen LogP contribution in [0.4, 0.5) is 24.5 Å². The van der Waals surface area contributed by atoms with Gasteiger partial charge in [-0.05, 0) is 30.7 Å². The van der Waals surface area contributed by atoms with Gasteiger partial charge in [-0.25, -0.2) is 0 Å². The first-order valence-corrected chi connectivity index (χ1v) is 8.07. The van der Waals surface area contributed by atoms with Gasteiger partial charge in [-0.2, -0.15) is 13.2 Å². The third kappa shape index (κ3) is 4.98. The van der Waals surface area contributed by atoms with Crippen molar-refractivity contribution < 1.29 is 32.8 Å². The minimum absolute atomic E-state index is 0.0221. The highest BCUT2D eigenvalue weighted by Gasteiger charge is 2.35. The number of benzene rings is 2. The van der Waals surface area contributed by atoms with Crippen LogP contribution < -0.4 is 5.32 Å². The number of nitro benzene ring substituents is 1. The van der Waals surface area contributed by atoms with Crippen molar-refractivity contribution in [2.45, 2.75) is 19.0 Å². The number of nitrogens with one attached hydrogen (secondary N) is 1. The number of carbonyl (C=O) groups is 2. The molecule has 0 aliphatic carbocycles. The lowest BCUT2D eigenvalue weighted by atomic mass is 9.92. The summed E-state index contributed by atoms with van der Waals surface area (Å²) in [5.74, 6) is -3.01. The van der Waals surface area contributed by atoms with Gasteiger partial charge in [-0.15, -0.1) is 0 Å². The number of nitrogens with zero attached hydrogens (tertiary/aromatic N) is 1. The topological polar surface area (TPSA) is 110 Å². The quantitative estimate of drug-likeness (QED) is 0.412. The first kappa shape index (κ1) is 21.6. The molecule has 2 aromatic rings. The molecule has 2 N–H and O–H groups in total. The van der Waals surface area contributed by atoms with Crippen molar-refractivity contribution in [2.24, 2.45) is 0 Å². The van der Waals surface area contributed by atoms with Crippen molar-refractivity contribution in [1.82, 2.24) is 0 Å². The summed E-state index contributed by atoms with van der Waals surface area (Å²) in [6.07, 6.45) is -4.92. The summed E-state index contributed by atoms with van der Waals surface area (Å²) < 4.78 is 39.6. The number of non-ortho nitro benzene ring substituents is 1. The van der Waals surface area contributed by atoms with Crippen molar-refractivity contribution in [3.8, 4) is 0 Å². The second-order valence-electron chi connectivity index (χ2n) is 6.18. The second-order valence-corrected chi connectivity index (χ2v) is 6.18. The summed E-state index contributed by atoms with van der Waals surface area (Å²) in [6, 6.07) is 7.24. The Morgan fingerprint density at radius 1 is 1.17 bits per heavy atom. The predicted octanol–water partition coefficient (Wildman–Crippen LogP) is 4.61. The highest BCUT2D eigenvalue weighted by Crippen LogP contribution is 2.37. The molecule has 0 saturated carbocycles. The van der Waals surface area contributed by atoms with E-state index in [1.165, 1.54) is 31.2 Å². The average Bonchev–Trinajstić information content (AvgIpc) is 2.60. The molecule has 1 unspecified atom stereocenters. The van der Waals surface area contributed by atoms with Gasteiger partial charge < -0.3 is 10.4 Å². The highest BCUT2D eigenvalue weighted by atomic mass is 19.4. The molecule has 0 radical (unpaired) electrons. The van der Waals surface area contributed by atoms with Crippen LogP contribution in [0.25, 0.3) is 0 Å². The fourth-order valence-corrected chi connectivity index (χ4v) is 2.65. The minimum atomic E-state index is -4.92. The molecule has 1 atom stereocenters. The number of carboxylic acids is 1. The van der Waals surface area contributed by atoms with Crippen LogP contribution in [0.1, 0.15) is 34.3 Å². The fraction of sp³-hybridized carbons (Fsp3) is 0.158. The van der Waals surface area contributed by atoms with E-state index in [1.54, 1.807) is 0 Å². The summed E-state index contributed by atoms with van der Waals surface area (Å²) >= 11 is 0. The van der Waals surface area contributed by atoms with E-state index in [-0.39, 0.29) is 5.56 Å². The number of hydrogen-bond donors (Lipinski definition) is 2. The first-order valence-electron chi connectivity index (χ1n) is 8.07. The standard InChI is InChI=1S/C19H15F3N2O5/c1-10(2)16(18(26)27)11-3-5-12(6-4-11)17(25)23-15-8-7-13(24(28)29)9-14(15)19(20,21)22/h3-9,16H,1H2,2H3,(H,23,25)(H,26,27). The first-order chi connectivity index (χ1) is 13.4. The smallest absolute Gasteiger partial charge is 0.418 e. The maximum Gasteiger partial charge on any atom is 0.418 e. The number of nitro groups is 1. The van der Waals surface area contributed by atoms with Crippen LogP contribution in [-0.4, -0.2) is 21.9 Å². The number of halogens is 3. The van der Waals surface area contributed by atoms with Crippen molar-refractivity contribution in [3.63, 3.8) is 0 Å². The zero-order valence-electron chi connectivity index (χ0n) is 15.0. The maximum absolute atomic E-state index is 13.2. The molecular weight excluding hydrogens is 393 g/mol. The van der Waals surface area contributed by atoms with E-state index in [0.717, 1.165) is 12.1 Å². The number of hydrogen-bond acceptors (Lipinski definition) is 4. The van der Waals surface area contributed by atoms with Gasteiger partial charge in [0.05, 0.1) is 16.2 Å². The number of alkyl halides is 3. The van der Waals surface area contributed by atoms with E-state index in [9.17, 15) is 38.0 Å². The lowest BCUT2D eigenvalue weighted by Gasteiger charge is -2.15. The third-order valence-electron chi connectivity index (χ3n) is 4.01. The predicted molar refractivity (Wildman–Crippen MR) is 97.7 cm³/mol. The van der Waals surface area contributed by atoms with Gasteiger partial charge in [0.2, 0.25) is 0 Å². The second kappa shape index (κ2) is 8.13. The Hall–Kier alpha value is -3.69. The van der Waals surface area contributed by atoms with Crippen LogP contribution in [0.2, 0.25) is 0 Å². The molecule has 0 spiro atoms. The largest absolute Gasteiger partial charge is 0.481 e. The van der Waals surface area contributed by atoms with Crippen molar-refractivity contribution in [1.29, 1.82) is 0 Å². The van der Waals surface area contributed by atoms with Crippen LogP contribution in [-0.2, 0) is 11.0 Å². The Morgan fingerprint density at radius 3 is 2.21 bits per heavy atom. The molecule has 2 aromatic carbocycles. The monoisotopic (exact) mass is 408 g/mol. The lowest BCUT2D eigenvalue weighted by Crippen LogP contribution is -2.17. The average molecular weight is 408 g/mol. The zero-order valence-corrected chi connectivity index (χ0v) is 15.0. The van der Waals surface area contributed by atoms with E-state index in [2.05, 4.69) is 11.9 Å². The van der Waals surface area contributed by atoms with Gasteiger partial charge >= 0.3 is 12.1 Å². The fourth-order valence-electron chi connectivity index (χ4n) is 2.65. The zero-order chi connectivity index (χ0) is 21.9. The highest BCUT2D eigenvalue weighted by molar-refractivity contribution is 6.04. The molecule has 0 aromatic heterocycles. The van der Waals surface area contributed by atoms with Crippen molar-refractivity contribution in [3.05, 3.63) is 81.4 Å². The van der Waals surface area contributed by atoms with Crippen LogP contribution in [0.5, 0.6) is 0 Å².